The van der Waals surface area contributed by atoms with Crippen LogP contribution in [0.15, 0.2) is 0 Å². The smallest absolute Gasteiger partial charge is 0 e. The molecule has 5 heteroatoms. The van der Waals surface area contributed by atoms with Gasteiger partial charge in [0, 0.05) is 43.4 Å². The van der Waals surface area contributed by atoms with E-state index in [0.29, 0.717) is 0 Å². The first-order chi connectivity index (χ1) is 0. The van der Waals surface area contributed by atoms with Crippen LogP contribution in [0.5, 0.6) is 0 Å². The Labute approximate surface area is 59.8 Å². The fourth-order valence-corrected chi connectivity index (χ4v) is 0. The molecular formula is H6O3Ti2. The van der Waals surface area contributed by atoms with Crippen molar-refractivity contribution in [3.8, 4) is 0 Å². The van der Waals surface area contributed by atoms with Gasteiger partial charge in [-0.2, -0.15) is 0 Å². The average Bonchev–Trinajstić information content (AvgIpc) is 0. The minimum atomic E-state index is 0. The summed E-state index contributed by atoms with van der Waals surface area (Å²) in [5, 5.41) is 0. The molecule has 0 atom stereocenters. The third kappa shape index (κ3) is 33.9. The zero-order valence-electron chi connectivity index (χ0n) is 2.50. The number of hydrogen-bond acceptors (Lipinski definition) is 0. The van der Waals surface area contributed by atoms with Gasteiger partial charge in [0.2, 0.25) is 0 Å². The fourth-order valence-electron chi connectivity index (χ4n) is 0. The van der Waals surface area contributed by atoms with Crippen molar-refractivity contribution in [1.29, 1.82) is 0 Å². The van der Waals surface area contributed by atoms with Crippen molar-refractivity contribution in [3.05, 3.63) is 0 Å². The van der Waals surface area contributed by atoms with Gasteiger partial charge in [-0.15, -0.1) is 0 Å². The van der Waals surface area contributed by atoms with Crippen LogP contribution < -0.4 is 0 Å². The molecule has 0 fully saturated rings. The summed E-state index contributed by atoms with van der Waals surface area (Å²) < 4.78 is 0. The summed E-state index contributed by atoms with van der Waals surface area (Å²) in [6, 6.07) is 0. The van der Waals surface area contributed by atoms with Gasteiger partial charge < -0.3 is 16.4 Å². The first-order valence-electron chi connectivity index (χ1n) is 0. The zero-order valence-corrected chi connectivity index (χ0v) is 5.62. The van der Waals surface area contributed by atoms with Gasteiger partial charge in [-0.05, 0) is 0 Å². The van der Waals surface area contributed by atoms with Crippen molar-refractivity contribution < 1.29 is 59.9 Å². The van der Waals surface area contributed by atoms with Crippen LogP contribution in [0.25, 0.3) is 0 Å². The van der Waals surface area contributed by atoms with E-state index in [9.17, 15) is 0 Å². The Morgan fingerprint density at radius 2 is 0.400 bits per heavy atom. The second-order valence-electron chi connectivity index (χ2n) is 0. The molecule has 6 N–H and O–H groups in total. The van der Waals surface area contributed by atoms with Crippen molar-refractivity contribution in [2.24, 2.45) is 0 Å². The Morgan fingerprint density at radius 3 is 0.400 bits per heavy atom. The van der Waals surface area contributed by atoms with E-state index in [1.165, 1.54) is 0 Å². The third-order valence-corrected chi connectivity index (χ3v) is 0. The minimum absolute atomic E-state index is 0. The Bertz CT molecular complexity index is 4.85. The van der Waals surface area contributed by atoms with Crippen LogP contribution >= 0.6 is 0 Å². The molecule has 0 radical (unpaired) electrons. The molecule has 0 rings (SSSR count). The molecule has 0 aromatic heterocycles. The first kappa shape index (κ1) is 104. The normalized spacial score (nSPS) is 0. The van der Waals surface area contributed by atoms with Crippen LogP contribution in [-0.4, -0.2) is 16.4 Å². The molecule has 5 heavy (non-hydrogen) atoms. The molecule has 0 unspecified atom stereocenters. The van der Waals surface area contributed by atoms with E-state index in [2.05, 4.69) is 0 Å². The van der Waals surface area contributed by atoms with Crippen LogP contribution in [0.3, 0.4) is 0 Å². The van der Waals surface area contributed by atoms with Crippen LogP contribution in [0.4, 0.5) is 0 Å². The molecule has 0 amide bonds. The topological polar surface area (TPSA) is 94.5 Å². The standard InChI is InChI=1S/3H2O.2Ti/h3*1H2;;. The minimum Gasteiger partial charge on any atom is -0.412 e. The average molecular weight is 150 g/mol. The summed E-state index contributed by atoms with van der Waals surface area (Å²) in [6.07, 6.45) is 0. The maximum atomic E-state index is 0. The van der Waals surface area contributed by atoms with Gasteiger partial charge in [-0.25, -0.2) is 0 Å². The largest absolute Gasteiger partial charge is 0.412 e. The summed E-state index contributed by atoms with van der Waals surface area (Å²) in [7, 11) is 0. The van der Waals surface area contributed by atoms with Gasteiger partial charge in [-0.1, -0.05) is 0 Å². The van der Waals surface area contributed by atoms with Crippen molar-refractivity contribution in [3.63, 3.8) is 0 Å². The van der Waals surface area contributed by atoms with E-state index < -0.39 is 0 Å². The molecular weight excluding hydrogens is 144 g/mol. The quantitative estimate of drug-likeness (QED) is 0.341. The molecule has 0 aromatic rings. The number of rotatable bonds is 0. The van der Waals surface area contributed by atoms with E-state index >= 15 is 0 Å². The Hall–Kier alpha value is 1.31. The monoisotopic (exact) mass is 150 g/mol. The molecule has 0 aliphatic rings. The van der Waals surface area contributed by atoms with Crippen LogP contribution in [0.2, 0.25) is 0 Å². The van der Waals surface area contributed by atoms with Gasteiger partial charge in [0.05, 0.1) is 0 Å². The summed E-state index contributed by atoms with van der Waals surface area (Å²) in [5.41, 5.74) is 0. The van der Waals surface area contributed by atoms with Crippen molar-refractivity contribution >= 4 is 0 Å². The molecule has 0 bridgehead atoms. The zero-order chi connectivity index (χ0) is 0. The van der Waals surface area contributed by atoms with E-state index in [4.69, 9.17) is 0 Å². The van der Waals surface area contributed by atoms with E-state index in [-0.39, 0.29) is 59.9 Å². The fraction of sp³-hybridized carbons (Fsp3) is 0. The summed E-state index contributed by atoms with van der Waals surface area (Å²) in [5.74, 6) is 0. The van der Waals surface area contributed by atoms with Gasteiger partial charge in [0.15, 0.2) is 0 Å². The second kappa shape index (κ2) is 57.6. The molecule has 3 nitrogen and oxygen atoms in total. The molecule has 0 aliphatic heterocycles. The maximum absolute atomic E-state index is 0. The Balaban J connectivity index is 0. The third-order valence-electron chi connectivity index (χ3n) is 0. The predicted molar refractivity (Wildman–Crippen MR) is 10.8 cm³/mol. The van der Waals surface area contributed by atoms with Crippen molar-refractivity contribution in [2.75, 3.05) is 0 Å². The van der Waals surface area contributed by atoms with Gasteiger partial charge in [0.1, 0.15) is 0 Å². The molecule has 32 valence electrons. The second-order valence-corrected chi connectivity index (χ2v) is 0. The Kier molecular flexibility index (Phi) is 1200. The van der Waals surface area contributed by atoms with Crippen LogP contribution in [0, 0.1) is 0 Å². The van der Waals surface area contributed by atoms with Crippen molar-refractivity contribution in [1.82, 2.24) is 0 Å². The van der Waals surface area contributed by atoms with Crippen molar-refractivity contribution in [2.45, 2.75) is 0 Å². The summed E-state index contributed by atoms with van der Waals surface area (Å²) in [6.45, 7) is 0. The van der Waals surface area contributed by atoms with Gasteiger partial charge >= 0.3 is 0 Å². The summed E-state index contributed by atoms with van der Waals surface area (Å²) in [4.78, 5) is 0. The van der Waals surface area contributed by atoms with E-state index in [1.807, 2.05) is 0 Å². The molecule has 0 saturated heterocycles. The van der Waals surface area contributed by atoms with Crippen LogP contribution in [0.1, 0.15) is 0 Å². The summed E-state index contributed by atoms with van der Waals surface area (Å²) >= 11 is 0. The molecule has 0 spiro atoms. The molecule has 0 aromatic carbocycles. The van der Waals surface area contributed by atoms with Gasteiger partial charge in [0.25, 0.3) is 0 Å². The Morgan fingerprint density at radius 1 is 0.400 bits per heavy atom. The van der Waals surface area contributed by atoms with E-state index in [1.54, 1.807) is 0 Å². The van der Waals surface area contributed by atoms with E-state index in [0.717, 1.165) is 0 Å². The molecule has 0 aliphatic carbocycles. The first-order valence-corrected chi connectivity index (χ1v) is 0. The number of hydrogen-bond donors (Lipinski definition) is 0. The SMILES string of the molecule is O.O.O.[Ti].[Ti]. The molecule has 0 heterocycles. The maximum Gasteiger partial charge on any atom is 0 e. The molecule has 0 saturated carbocycles. The predicted octanol–water partition coefficient (Wildman–Crippen LogP) is -2.48. The van der Waals surface area contributed by atoms with Crippen LogP contribution in [-0.2, 0) is 43.4 Å². The van der Waals surface area contributed by atoms with Gasteiger partial charge in [-0.3, -0.25) is 0 Å².